The molecule has 94 valence electrons. The predicted molar refractivity (Wildman–Crippen MR) is 69.5 cm³/mol. The maximum Gasteiger partial charge on any atom is 0.227 e. The molecule has 0 aliphatic rings. The fraction of sp³-hybridized carbons (Fsp3) is 0.417. The molecule has 0 radical (unpaired) electrons. The van der Waals surface area contributed by atoms with Crippen molar-refractivity contribution in [3.8, 4) is 0 Å². The summed E-state index contributed by atoms with van der Waals surface area (Å²) < 4.78 is 0. The number of aliphatic hydroxyl groups excluding tert-OH is 1. The topological polar surface area (TPSA) is 40.5 Å². The molecule has 0 heterocycles. The Morgan fingerprint density at radius 1 is 1.41 bits per heavy atom. The molecule has 1 rings (SSSR count). The zero-order valence-corrected chi connectivity index (χ0v) is 11.3. The van der Waals surface area contributed by atoms with E-state index in [0.29, 0.717) is 15.6 Å². The van der Waals surface area contributed by atoms with Gasteiger partial charge >= 0.3 is 0 Å². The minimum Gasteiger partial charge on any atom is -0.394 e. The fourth-order valence-corrected chi connectivity index (χ4v) is 1.88. The van der Waals surface area contributed by atoms with Gasteiger partial charge < -0.3 is 10.0 Å². The van der Waals surface area contributed by atoms with Gasteiger partial charge in [0, 0.05) is 17.1 Å². The van der Waals surface area contributed by atoms with Gasteiger partial charge in [0.05, 0.1) is 19.1 Å². The molecule has 0 aromatic heterocycles. The molecule has 1 aromatic rings. The van der Waals surface area contributed by atoms with Crippen LogP contribution in [-0.2, 0) is 11.2 Å². The molecule has 1 N–H and O–H groups in total. The number of halogens is 2. The Hall–Kier alpha value is -0.770. The van der Waals surface area contributed by atoms with Crippen LogP contribution in [-0.4, -0.2) is 35.6 Å². The molecule has 0 aliphatic heterocycles. The Morgan fingerprint density at radius 2 is 1.94 bits per heavy atom. The quantitative estimate of drug-likeness (QED) is 0.917. The van der Waals surface area contributed by atoms with Crippen LogP contribution in [0.4, 0.5) is 0 Å². The van der Waals surface area contributed by atoms with Gasteiger partial charge in [-0.3, -0.25) is 4.79 Å². The summed E-state index contributed by atoms with van der Waals surface area (Å²) in [5.41, 5.74) is 0.623. The Bertz CT molecular complexity index is 389. The summed E-state index contributed by atoms with van der Waals surface area (Å²) in [6, 6.07) is 4.92. The van der Waals surface area contributed by atoms with Crippen molar-refractivity contribution in [3.63, 3.8) is 0 Å². The van der Waals surface area contributed by atoms with Gasteiger partial charge in [-0.1, -0.05) is 29.3 Å². The Morgan fingerprint density at radius 3 is 2.41 bits per heavy atom. The Balaban J connectivity index is 2.81. The zero-order chi connectivity index (χ0) is 13.0. The van der Waals surface area contributed by atoms with E-state index in [1.807, 2.05) is 0 Å². The lowest BCUT2D eigenvalue weighted by atomic mass is 10.1. The smallest absolute Gasteiger partial charge is 0.227 e. The first-order valence-electron chi connectivity index (χ1n) is 5.26. The fourth-order valence-electron chi connectivity index (χ4n) is 1.35. The number of carbonyl (C=O) groups is 1. The summed E-state index contributed by atoms with van der Waals surface area (Å²) in [4.78, 5) is 13.4. The van der Waals surface area contributed by atoms with E-state index in [0.717, 1.165) is 0 Å². The van der Waals surface area contributed by atoms with Crippen molar-refractivity contribution in [2.75, 3.05) is 13.7 Å². The Labute approximate surface area is 111 Å². The van der Waals surface area contributed by atoms with Crippen LogP contribution in [0.25, 0.3) is 0 Å². The number of carbonyl (C=O) groups excluding carboxylic acids is 1. The number of likely N-dealkylation sites (N-methyl/N-ethyl adjacent to an activating group) is 1. The first-order valence-corrected chi connectivity index (χ1v) is 6.02. The number of nitrogens with zero attached hydrogens (tertiary/aromatic N) is 1. The van der Waals surface area contributed by atoms with Crippen molar-refractivity contribution in [2.45, 2.75) is 19.4 Å². The lowest BCUT2D eigenvalue weighted by Gasteiger charge is -2.23. The van der Waals surface area contributed by atoms with Gasteiger partial charge in [0.2, 0.25) is 5.91 Å². The standard InChI is InChI=1S/C12H15Cl2NO2/c1-8(7-16)15(2)12(17)6-9-10(13)4-3-5-11(9)14/h3-5,8,16H,6-7H2,1-2H3. The summed E-state index contributed by atoms with van der Waals surface area (Å²) in [6.45, 7) is 1.70. The van der Waals surface area contributed by atoms with E-state index < -0.39 is 0 Å². The molecule has 1 amide bonds. The maximum atomic E-state index is 11.9. The summed E-state index contributed by atoms with van der Waals surface area (Å²) >= 11 is 12.0. The van der Waals surface area contributed by atoms with Crippen molar-refractivity contribution in [3.05, 3.63) is 33.8 Å². The molecule has 0 fully saturated rings. The minimum atomic E-state index is -0.219. The van der Waals surface area contributed by atoms with Crippen molar-refractivity contribution in [1.29, 1.82) is 0 Å². The number of hydrogen-bond donors (Lipinski definition) is 1. The second-order valence-corrected chi connectivity index (χ2v) is 4.73. The van der Waals surface area contributed by atoms with E-state index >= 15 is 0 Å². The second kappa shape index (κ2) is 6.24. The maximum absolute atomic E-state index is 11.9. The normalized spacial score (nSPS) is 12.3. The molecule has 0 aliphatic carbocycles. The minimum absolute atomic E-state index is 0.0709. The van der Waals surface area contributed by atoms with Crippen molar-refractivity contribution >= 4 is 29.1 Å². The summed E-state index contributed by atoms with van der Waals surface area (Å²) in [5, 5.41) is 9.95. The first kappa shape index (κ1) is 14.3. The van der Waals surface area contributed by atoms with Gasteiger partial charge in [0.1, 0.15) is 0 Å². The predicted octanol–water partition coefficient (Wildman–Crippen LogP) is 2.38. The number of hydrogen-bond acceptors (Lipinski definition) is 2. The van der Waals surface area contributed by atoms with E-state index in [2.05, 4.69) is 0 Å². The highest BCUT2D eigenvalue weighted by Gasteiger charge is 2.17. The number of aliphatic hydroxyl groups is 1. The average molecular weight is 276 g/mol. The molecule has 5 heteroatoms. The lowest BCUT2D eigenvalue weighted by Crippen LogP contribution is -2.38. The first-order chi connectivity index (χ1) is 7.97. The molecule has 1 atom stereocenters. The highest BCUT2D eigenvalue weighted by molar-refractivity contribution is 6.36. The van der Waals surface area contributed by atoms with Gasteiger partial charge in [0.25, 0.3) is 0 Å². The summed E-state index contributed by atoms with van der Waals surface area (Å²) in [6.07, 6.45) is 0.138. The van der Waals surface area contributed by atoms with E-state index in [1.165, 1.54) is 4.90 Å². The summed E-state index contributed by atoms with van der Waals surface area (Å²) in [7, 11) is 1.65. The van der Waals surface area contributed by atoms with Crippen LogP contribution in [0.1, 0.15) is 12.5 Å². The molecule has 0 saturated carbocycles. The number of amides is 1. The van der Waals surface area contributed by atoms with E-state index in [-0.39, 0.29) is 25.0 Å². The van der Waals surface area contributed by atoms with Crippen LogP contribution < -0.4 is 0 Å². The molecular weight excluding hydrogens is 261 g/mol. The average Bonchev–Trinajstić information content (AvgIpc) is 2.31. The van der Waals surface area contributed by atoms with Crippen LogP contribution in [0, 0.1) is 0 Å². The third-order valence-corrected chi connectivity index (χ3v) is 3.42. The molecule has 0 saturated heterocycles. The van der Waals surface area contributed by atoms with E-state index in [4.69, 9.17) is 28.3 Å². The molecule has 3 nitrogen and oxygen atoms in total. The van der Waals surface area contributed by atoms with Crippen molar-refractivity contribution in [1.82, 2.24) is 4.90 Å². The van der Waals surface area contributed by atoms with Crippen LogP contribution in [0.3, 0.4) is 0 Å². The third-order valence-electron chi connectivity index (χ3n) is 2.71. The van der Waals surface area contributed by atoms with Gasteiger partial charge in [0.15, 0.2) is 0 Å². The van der Waals surface area contributed by atoms with Gasteiger partial charge in [-0.2, -0.15) is 0 Å². The number of rotatable bonds is 4. The molecule has 0 spiro atoms. The van der Waals surface area contributed by atoms with Crippen LogP contribution >= 0.6 is 23.2 Å². The second-order valence-electron chi connectivity index (χ2n) is 3.91. The van der Waals surface area contributed by atoms with Crippen molar-refractivity contribution < 1.29 is 9.90 Å². The highest BCUT2D eigenvalue weighted by Crippen LogP contribution is 2.25. The third kappa shape index (κ3) is 3.60. The molecule has 1 aromatic carbocycles. The Kier molecular flexibility index (Phi) is 5.25. The summed E-state index contributed by atoms with van der Waals surface area (Å²) in [5.74, 6) is -0.124. The van der Waals surface area contributed by atoms with Crippen LogP contribution in [0.5, 0.6) is 0 Å². The van der Waals surface area contributed by atoms with E-state index in [9.17, 15) is 4.79 Å². The van der Waals surface area contributed by atoms with Crippen LogP contribution in [0.2, 0.25) is 10.0 Å². The van der Waals surface area contributed by atoms with Gasteiger partial charge in [-0.15, -0.1) is 0 Å². The highest BCUT2D eigenvalue weighted by atomic mass is 35.5. The monoisotopic (exact) mass is 275 g/mol. The van der Waals surface area contributed by atoms with Gasteiger partial charge in [-0.05, 0) is 24.6 Å². The van der Waals surface area contributed by atoms with Crippen LogP contribution in [0.15, 0.2) is 18.2 Å². The molecule has 0 bridgehead atoms. The largest absolute Gasteiger partial charge is 0.394 e. The number of benzene rings is 1. The zero-order valence-electron chi connectivity index (χ0n) is 9.78. The van der Waals surface area contributed by atoms with Gasteiger partial charge in [-0.25, -0.2) is 0 Å². The van der Waals surface area contributed by atoms with Crippen molar-refractivity contribution in [2.24, 2.45) is 0 Å². The molecule has 1 unspecified atom stereocenters. The SMILES string of the molecule is CC(CO)N(C)C(=O)Cc1c(Cl)cccc1Cl. The molecular formula is C12H15Cl2NO2. The lowest BCUT2D eigenvalue weighted by molar-refractivity contribution is -0.131. The van der Waals surface area contributed by atoms with E-state index in [1.54, 1.807) is 32.2 Å². The molecule has 17 heavy (non-hydrogen) atoms.